The smallest absolute Gasteiger partial charge is 0.257 e. The molecule has 0 aliphatic rings. The Kier molecular flexibility index (Phi) is 10.1. The number of nitrogens with one attached hydrogen (secondary N) is 2. The second-order valence-corrected chi connectivity index (χ2v) is 7.58. The number of halogens is 1. The van der Waals surface area contributed by atoms with Gasteiger partial charge in [0.15, 0.2) is 11.8 Å². The molecule has 3 aromatic rings. The lowest BCUT2D eigenvalue weighted by atomic mass is 9.96. The fourth-order valence-electron chi connectivity index (χ4n) is 3.12. The highest BCUT2D eigenvalue weighted by Gasteiger charge is 2.22. The number of nitrogens with zero attached hydrogens (tertiary/aromatic N) is 3. The third-order valence-electron chi connectivity index (χ3n) is 4.98. The number of hydrogen-bond donors (Lipinski definition) is 3. The van der Waals surface area contributed by atoms with Crippen molar-refractivity contribution in [3.05, 3.63) is 71.5 Å². The average molecular weight is 549 g/mol. The van der Waals surface area contributed by atoms with Crippen LogP contribution in [0.2, 0.25) is 0 Å². The summed E-state index contributed by atoms with van der Waals surface area (Å²) in [6, 6.07) is 17.7. The monoisotopic (exact) mass is 549 g/mol. The van der Waals surface area contributed by atoms with Crippen molar-refractivity contribution in [2.24, 2.45) is 4.99 Å². The number of rotatable bonds is 9. The van der Waals surface area contributed by atoms with Crippen molar-refractivity contribution >= 4 is 29.9 Å². The molecule has 1 aromatic heterocycles. The molecule has 0 aliphatic carbocycles. The Morgan fingerprint density at radius 2 is 1.78 bits per heavy atom. The predicted octanol–water partition coefficient (Wildman–Crippen LogP) is 3.92. The van der Waals surface area contributed by atoms with Crippen molar-refractivity contribution in [2.75, 3.05) is 19.6 Å². The van der Waals surface area contributed by atoms with Gasteiger partial charge in [-0.05, 0) is 43.5 Å². The summed E-state index contributed by atoms with van der Waals surface area (Å²) >= 11 is 0. The van der Waals surface area contributed by atoms with Crippen molar-refractivity contribution in [1.82, 2.24) is 20.8 Å². The molecule has 32 heavy (non-hydrogen) atoms. The SMILES string of the molecule is CCNC(=NCC(C)(O)c1ccccc1)NCCc1ccc(-c2nc(CC)no2)cc1.I. The summed E-state index contributed by atoms with van der Waals surface area (Å²) in [5.74, 6) is 1.95. The molecule has 8 heteroatoms. The topological polar surface area (TPSA) is 95.6 Å². The van der Waals surface area contributed by atoms with E-state index in [1.807, 2.05) is 56.3 Å². The summed E-state index contributed by atoms with van der Waals surface area (Å²) < 4.78 is 5.29. The van der Waals surface area contributed by atoms with Crippen molar-refractivity contribution in [3.63, 3.8) is 0 Å². The third-order valence-corrected chi connectivity index (χ3v) is 4.98. The zero-order valence-electron chi connectivity index (χ0n) is 18.8. The van der Waals surface area contributed by atoms with Crippen molar-refractivity contribution in [3.8, 4) is 11.5 Å². The molecule has 7 nitrogen and oxygen atoms in total. The largest absolute Gasteiger partial charge is 0.384 e. The van der Waals surface area contributed by atoms with Crippen LogP contribution >= 0.6 is 24.0 Å². The van der Waals surface area contributed by atoms with Gasteiger partial charge in [-0.2, -0.15) is 4.98 Å². The number of benzene rings is 2. The van der Waals surface area contributed by atoms with Crippen LogP contribution in [0.1, 0.15) is 37.7 Å². The maximum Gasteiger partial charge on any atom is 0.257 e. The van der Waals surface area contributed by atoms with Gasteiger partial charge >= 0.3 is 0 Å². The zero-order valence-corrected chi connectivity index (χ0v) is 21.2. The van der Waals surface area contributed by atoms with Gasteiger partial charge < -0.3 is 20.3 Å². The van der Waals surface area contributed by atoms with Crippen LogP contribution in [0, 0.1) is 0 Å². The van der Waals surface area contributed by atoms with Gasteiger partial charge in [0.05, 0.1) is 6.54 Å². The van der Waals surface area contributed by atoms with Crippen LogP contribution in [-0.4, -0.2) is 40.8 Å². The lowest BCUT2D eigenvalue weighted by molar-refractivity contribution is 0.0672. The number of aliphatic imine (C=N–C) groups is 1. The van der Waals surface area contributed by atoms with E-state index >= 15 is 0 Å². The Balaban J connectivity index is 0.00000363. The van der Waals surface area contributed by atoms with Crippen LogP contribution in [0.3, 0.4) is 0 Å². The lowest BCUT2D eigenvalue weighted by Gasteiger charge is -2.22. The van der Waals surface area contributed by atoms with Crippen LogP contribution in [0.15, 0.2) is 64.1 Å². The van der Waals surface area contributed by atoms with Gasteiger partial charge in [0.25, 0.3) is 5.89 Å². The van der Waals surface area contributed by atoms with Gasteiger partial charge in [0.2, 0.25) is 0 Å². The van der Waals surface area contributed by atoms with Gasteiger partial charge in [0.1, 0.15) is 5.60 Å². The van der Waals surface area contributed by atoms with Gasteiger partial charge in [-0.3, -0.25) is 0 Å². The summed E-state index contributed by atoms with van der Waals surface area (Å²) in [4.78, 5) is 8.94. The number of hydrogen-bond acceptors (Lipinski definition) is 5. The summed E-state index contributed by atoms with van der Waals surface area (Å²) in [7, 11) is 0. The van der Waals surface area contributed by atoms with E-state index in [1.54, 1.807) is 6.92 Å². The summed E-state index contributed by atoms with van der Waals surface area (Å²) in [6.45, 7) is 7.54. The van der Waals surface area contributed by atoms with Crippen molar-refractivity contribution in [1.29, 1.82) is 0 Å². The fraction of sp³-hybridized carbons (Fsp3) is 0.375. The van der Waals surface area contributed by atoms with E-state index in [4.69, 9.17) is 4.52 Å². The van der Waals surface area contributed by atoms with Crippen LogP contribution in [0.5, 0.6) is 0 Å². The molecule has 1 heterocycles. The average Bonchev–Trinajstić information content (AvgIpc) is 3.28. The molecule has 0 saturated heterocycles. The van der Waals surface area contributed by atoms with E-state index in [1.165, 1.54) is 5.56 Å². The van der Waals surface area contributed by atoms with Crippen LogP contribution in [0.25, 0.3) is 11.5 Å². The van der Waals surface area contributed by atoms with E-state index in [0.717, 1.165) is 37.1 Å². The Labute approximate surface area is 206 Å². The van der Waals surface area contributed by atoms with Gasteiger partial charge in [-0.25, -0.2) is 4.99 Å². The molecule has 3 rings (SSSR count). The molecular formula is C24H32IN5O2. The molecular weight excluding hydrogens is 517 g/mol. The number of aliphatic hydroxyl groups is 1. The number of guanidine groups is 1. The molecule has 0 radical (unpaired) electrons. The summed E-state index contributed by atoms with van der Waals surface area (Å²) in [6.07, 6.45) is 1.59. The summed E-state index contributed by atoms with van der Waals surface area (Å²) in [5, 5.41) is 21.3. The first-order valence-corrected chi connectivity index (χ1v) is 10.7. The highest BCUT2D eigenvalue weighted by molar-refractivity contribution is 14.0. The molecule has 0 bridgehead atoms. The van der Waals surface area contributed by atoms with Crippen molar-refractivity contribution < 1.29 is 9.63 Å². The van der Waals surface area contributed by atoms with E-state index in [-0.39, 0.29) is 30.5 Å². The number of aromatic nitrogens is 2. The Hall–Kier alpha value is -2.46. The Morgan fingerprint density at radius 3 is 2.41 bits per heavy atom. The molecule has 1 unspecified atom stereocenters. The minimum absolute atomic E-state index is 0. The minimum atomic E-state index is -1.02. The second-order valence-electron chi connectivity index (χ2n) is 7.58. The molecule has 0 spiro atoms. The molecule has 172 valence electrons. The molecule has 0 saturated carbocycles. The quantitative estimate of drug-likeness (QED) is 0.213. The van der Waals surface area contributed by atoms with Gasteiger partial charge in [-0.15, -0.1) is 24.0 Å². The number of aryl methyl sites for hydroxylation is 1. The van der Waals surface area contributed by atoms with E-state index in [0.29, 0.717) is 17.7 Å². The van der Waals surface area contributed by atoms with Gasteiger partial charge in [-0.1, -0.05) is 54.5 Å². The first kappa shape index (κ1) is 25.8. The van der Waals surface area contributed by atoms with E-state index in [2.05, 4.69) is 37.9 Å². The maximum atomic E-state index is 10.8. The van der Waals surface area contributed by atoms with Crippen LogP contribution in [0.4, 0.5) is 0 Å². The maximum absolute atomic E-state index is 10.8. The molecule has 2 aromatic carbocycles. The molecule has 0 fully saturated rings. The third kappa shape index (κ3) is 7.30. The molecule has 3 N–H and O–H groups in total. The van der Waals surface area contributed by atoms with E-state index < -0.39 is 5.60 Å². The highest BCUT2D eigenvalue weighted by Crippen LogP contribution is 2.20. The first-order valence-electron chi connectivity index (χ1n) is 10.7. The fourth-order valence-corrected chi connectivity index (χ4v) is 3.12. The molecule has 0 amide bonds. The Morgan fingerprint density at radius 1 is 1.06 bits per heavy atom. The normalized spacial score (nSPS) is 13.2. The van der Waals surface area contributed by atoms with Crippen LogP contribution < -0.4 is 10.6 Å². The highest BCUT2D eigenvalue weighted by atomic mass is 127. The minimum Gasteiger partial charge on any atom is -0.384 e. The Bertz CT molecular complexity index is 972. The van der Waals surface area contributed by atoms with Gasteiger partial charge in [0, 0.05) is 25.1 Å². The standard InChI is InChI=1S/C24H31N5O2.HI/c1-4-21-28-22(31-29-21)19-13-11-18(12-14-19)15-16-26-23(25-5-2)27-17-24(3,30)20-9-7-6-8-10-20;/h6-14,30H,4-5,15-17H2,1-3H3,(H2,25,26,27);1H. The predicted molar refractivity (Wildman–Crippen MR) is 138 cm³/mol. The summed E-state index contributed by atoms with van der Waals surface area (Å²) in [5.41, 5.74) is 1.94. The van der Waals surface area contributed by atoms with Crippen molar-refractivity contribution in [2.45, 2.75) is 39.2 Å². The molecule has 0 aliphatic heterocycles. The van der Waals surface area contributed by atoms with Crippen LogP contribution in [-0.2, 0) is 18.4 Å². The molecule has 1 atom stereocenters. The first-order chi connectivity index (χ1) is 15.0. The van der Waals surface area contributed by atoms with E-state index in [9.17, 15) is 5.11 Å². The second kappa shape index (κ2) is 12.5. The lowest BCUT2D eigenvalue weighted by Crippen LogP contribution is -2.39. The zero-order chi connectivity index (χ0) is 22.1.